The van der Waals surface area contributed by atoms with Crippen molar-refractivity contribution in [2.45, 2.75) is 39.2 Å². The number of imidazole rings is 1. The first-order valence-corrected chi connectivity index (χ1v) is 8.90. The number of thiazole rings is 1. The maximum Gasteiger partial charge on any atom is 0.113 e. The summed E-state index contributed by atoms with van der Waals surface area (Å²) in [6.45, 7) is 8.55. The monoisotopic (exact) mass is 316 g/mol. The van der Waals surface area contributed by atoms with Crippen molar-refractivity contribution in [1.29, 1.82) is 0 Å². The summed E-state index contributed by atoms with van der Waals surface area (Å²) in [4.78, 5) is 11.6. The van der Waals surface area contributed by atoms with Crippen molar-refractivity contribution in [2.75, 3.05) is 19.6 Å². The Balaban J connectivity index is 1.68. The number of piperidine rings is 1. The molecule has 1 fully saturated rings. The Morgan fingerprint density at radius 2 is 2.32 bits per heavy atom. The van der Waals surface area contributed by atoms with E-state index in [0.717, 1.165) is 25.3 Å². The van der Waals surface area contributed by atoms with Gasteiger partial charge in [0.2, 0.25) is 0 Å². The number of rotatable bonds is 5. The summed E-state index contributed by atoms with van der Waals surface area (Å²) in [5, 5.41) is 2.12. The molecule has 1 saturated heterocycles. The van der Waals surface area contributed by atoms with Crippen molar-refractivity contribution < 1.29 is 0 Å². The smallest absolute Gasteiger partial charge is 0.113 e. The lowest BCUT2D eigenvalue weighted by Gasteiger charge is -2.32. The van der Waals surface area contributed by atoms with Crippen LogP contribution in [0.2, 0.25) is 0 Å². The quantitative estimate of drug-likeness (QED) is 0.791. The van der Waals surface area contributed by atoms with Crippen LogP contribution in [-0.4, -0.2) is 39.1 Å². The van der Waals surface area contributed by atoms with Crippen LogP contribution in [0, 0.1) is 0 Å². The zero-order valence-corrected chi connectivity index (χ0v) is 14.2. The van der Waals surface area contributed by atoms with E-state index in [2.05, 4.69) is 50.9 Å². The van der Waals surface area contributed by atoms with Gasteiger partial charge in [0.05, 0.1) is 17.7 Å². The largest absolute Gasteiger partial charge is 0.329 e. The Hall–Kier alpha value is -1.46. The van der Waals surface area contributed by atoms with E-state index >= 15 is 0 Å². The van der Waals surface area contributed by atoms with Gasteiger partial charge in [0.1, 0.15) is 5.82 Å². The van der Waals surface area contributed by atoms with E-state index in [0.29, 0.717) is 5.92 Å². The third kappa shape index (κ3) is 3.84. The minimum absolute atomic E-state index is 0.535. The summed E-state index contributed by atoms with van der Waals surface area (Å²) < 4.78 is 2.27. The number of likely N-dealkylation sites (tertiary alicyclic amines) is 1. The first-order valence-electron chi connectivity index (χ1n) is 7.96. The molecule has 22 heavy (non-hydrogen) atoms. The van der Waals surface area contributed by atoms with E-state index in [4.69, 9.17) is 0 Å². The second kappa shape index (κ2) is 7.20. The molecule has 1 atom stereocenters. The predicted octanol–water partition coefficient (Wildman–Crippen LogP) is 3.53. The molecule has 2 aromatic heterocycles. The van der Waals surface area contributed by atoms with Crippen LogP contribution < -0.4 is 0 Å². The van der Waals surface area contributed by atoms with E-state index in [1.165, 1.54) is 30.8 Å². The summed E-state index contributed by atoms with van der Waals surface area (Å²) in [5.74, 6) is 1.75. The maximum absolute atomic E-state index is 4.65. The molecule has 2 aromatic rings. The fourth-order valence-corrected chi connectivity index (χ4v) is 3.60. The molecular weight excluding hydrogens is 292 g/mol. The fraction of sp³-hybridized carbons (Fsp3) is 0.529. The number of allylic oxidation sites excluding steroid dienone is 1. The SMILES string of the molecule is CC(C)=CCN1CCC[C@@H](c2nccn2Cc2cscn2)C1. The molecule has 0 spiro atoms. The van der Waals surface area contributed by atoms with Crippen molar-refractivity contribution in [1.82, 2.24) is 19.4 Å². The zero-order valence-electron chi connectivity index (χ0n) is 13.4. The van der Waals surface area contributed by atoms with Gasteiger partial charge in [-0.1, -0.05) is 11.6 Å². The highest BCUT2D eigenvalue weighted by Gasteiger charge is 2.24. The van der Waals surface area contributed by atoms with Crippen molar-refractivity contribution in [3.05, 3.63) is 46.5 Å². The Morgan fingerprint density at radius 3 is 3.09 bits per heavy atom. The second-order valence-electron chi connectivity index (χ2n) is 6.27. The molecule has 0 unspecified atom stereocenters. The fourth-order valence-electron chi connectivity index (χ4n) is 3.05. The van der Waals surface area contributed by atoms with Gasteiger partial charge in [-0.3, -0.25) is 4.90 Å². The highest BCUT2D eigenvalue weighted by atomic mass is 32.1. The van der Waals surface area contributed by atoms with Gasteiger partial charge in [-0.25, -0.2) is 9.97 Å². The molecule has 0 N–H and O–H groups in total. The molecule has 1 aliphatic rings. The number of aromatic nitrogens is 3. The van der Waals surface area contributed by atoms with E-state index in [1.807, 2.05) is 11.7 Å². The summed E-state index contributed by atoms with van der Waals surface area (Å²) in [7, 11) is 0. The Labute approximate surface area is 136 Å². The number of nitrogens with zero attached hydrogens (tertiary/aromatic N) is 4. The van der Waals surface area contributed by atoms with Crippen LogP contribution in [0.1, 0.15) is 44.1 Å². The summed E-state index contributed by atoms with van der Waals surface area (Å²) in [5.41, 5.74) is 4.42. The molecule has 4 nitrogen and oxygen atoms in total. The van der Waals surface area contributed by atoms with Crippen LogP contribution in [0.25, 0.3) is 0 Å². The molecule has 1 aliphatic heterocycles. The van der Waals surface area contributed by atoms with Gasteiger partial charge < -0.3 is 4.57 Å². The second-order valence-corrected chi connectivity index (χ2v) is 6.99. The van der Waals surface area contributed by atoms with Crippen molar-refractivity contribution in [3.8, 4) is 0 Å². The van der Waals surface area contributed by atoms with Gasteiger partial charge in [-0.15, -0.1) is 11.3 Å². The lowest BCUT2D eigenvalue weighted by molar-refractivity contribution is 0.221. The Bertz CT molecular complexity index is 610. The topological polar surface area (TPSA) is 34.0 Å². The standard InChI is InChI=1S/C17H24N4S/c1-14(2)5-8-20-7-3-4-15(10-20)17-18-6-9-21(17)11-16-12-22-13-19-16/h5-6,9,12-13,15H,3-4,7-8,10-11H2,1-2H3/t15-/m1/s1. The van der Waals surface area contributed by atoms with Gasteiger partial charge in [0.25, 0.3) is 0 Å². The predicted molar refractivity (Wildman–Crippen MR) is 91.3 cm³/mol. The van der Waals surface area contributed by atoms with E-state index in [9.17, 15) is 0 Å². The van der Waals surface area contributed by atoms with Crippen LogP contribution in [-0.2, 0) is 6.54 Å². The normalized spacial score (nSPS) is 19.3. The minimum Gasteiger partial charge on any atom is -0.329 e. The molecule has 0 bridgehead atoms. The van der Waals surface area contributed by atoms with Crippen LogP contribution in [0.15, 0.2) is 34.9 Å². The summed E-state index contributed by atoms with van der Waals surface area (Å²) in [6.07, 6.45) is 8.83. The van der Waals surface area contributed by atoms with Gasteiger partial charge in [-0.2, -0.15) is 0 Å². The van der Waals surface area contributed by atoms with Crippen LogP contribution in [0.5, 0.6) is 0 Å². The van der Waals surface area contributed by atoms with Gasteiger partial charge >= 0.3 is 0 Å². The summed E-state index contributed by atoms with van der Waals surface area (Å²) >= 11 is 1.65. The highest BCUT2D eigenvalue weighted by molar-refractivity contribution is 7.07. The van der Waals surface area contributed by atoms with E-state index in [-0.39, 0.29) is 0 Å². The van der Waals surface area contributed by atoms with Crippen molar-refractivity contribution in [2.24, 2.45) is 0 Å². The molecule has 3 heterocycles. The number of hydrogen-bond acceptors (Lipinski definition) is 4. The lowest BCUT2D eigenvalue weighted by atomic mass is 9.97. The first-order chi connectivity index (χ1) is 10.7. The van der Waals surface area contributed by atoms with Gasteiger partial charge in [-0.05, 0) is 33.2 Å². The first kappa shape index (κ1) is 15.4. The molecule has 0 radical (unpaired) electrons. The van der Waals surface area contributed by atoms with Crippen LogP contribution in [0.3, 0.4) is 0 Å². The molecule has 5 heteroatoms. The van der Waals surface area contributed by atoms with Crippen LogP contribution >= 0.6 is 11.3 Å². The molecule has 0 aromatic carbocycles. The van der Waals surface area contributed by atoms with Crippen LogP contribution in [0.4, 0.5) is 0 Å². The third-order valence-electron chi connectivity index (χ3n) is 4.19. The lowest BCUT2D eigenvalue weighted by Crippen LogP contribution is -2.35. The molecule has 0 amide bonds. The van der Waals surface area contributed by atoms with Gasteiger partial charge in [0.15, 0.2) is 0 Å². The molecule has 118 valence electrons. The van der Waals surface area contributed by atoms with Gasteiger partial charge in [0, 0.05) is 36.8 Å². The van der Waals surface area contributed by atoms with Crippen molar-refractivity contribution in [3.63, 3.8) is 0 Å². The summed E-state index contributed by atoms with van der Waals surface area (Å²) in [6, 6.07) is 0. The van der Waals surface area contributed by atoms with E-state index < -0.39 is 0 Å². The maximum atomic E-state index is 4.65. The average molecular weight is 316 g/mol. The minimum atomic E-state index is 0.535. The molecule has 0 aliphatic carbocycles. The van der Waals surface area contributed by atoms with E-state index in [1.54, 1.807) is 11.3 Å². The zero-order chi connectivity index (χ0) is 15.4. The Kier molecular flexibility index (Phi) is 5.05. The third-order valence-corrected chi connectivity index (χ3v) is 4.83. The Morgan fingerprint density at radius 1 is 1.41 bits per heavy atom. The molecule has 3 rings (SSSR count). The highest BCUT2D eigenvalue weighted by Crippen LogP contribution is 2.26. The molecule has 0 saturated carbocycles. The van der Waals surface area contributed by atoms with Crippen molar-refractivity contribution >= 4 is 11.3 Å². The average Bonchev–Trinajstić information content (AvgIpc) is 3.18. The number of hydrogen-bond donors (Lipinski definition) is 0. The molecular formula is C17H24N4S.